The maximum absolute atomic E-state index is 13.3. The van der Waals surface area contributed by atoms with E-state index in [-0.39, 0.29) is 5.82 Å². The van der Waals surface area contributed by atoms with Crippen LogP contribution in [-0.4, -0.2) is 21.7 Å². The van der Waals surface area contributed by atoms with Crippen LogP contribution in [0.2, 0.25) is 0 Å². The monoisotopic (exact) mass is 314 g/mol. The van der Waals surface area contributed by atoms with E-state index >= 15 is 0 Å². The van der Waals surface area contributed by atoms with Gasteiger partial charge >= 0.3 is 0 Å². The summed E-state index contributed by atoms with van der Waals surface area (Å²) in [7, 11) is 0. The quantitative estimate of drug-likeness (QED) is 0.719. The summed E-state index contributed by atoms with van der Waals surface area (Å²) in [5.74, 6) is -0.222. The van der Waals surface area contributed by atoms with Crippen LogP contribution in [0.5, 0.6) is 0 Å². The summed E-state index contributed by atoms with van der Waals surface area (Å²) < 4.78 is 13.3. The van der Waals surface area contributed by atoms with Gasteiger partial charge in [-0.2, -0.15) is 0 Å². The van der Waals surface area contributed by atoms with Crippen LogP contribution >= 0.6 is 11.3 Å². The molecule has 0 aliphatic rings. The molecule has 4 nitrogen and oxygen atoms in total. The van der Waals surface area contributed by atoms with E-state index in [0.717, 1.165) is 27.9 Å². The van der Waals surface area contributed by atoms with Crippen molar-refractivity contribution >= 4 is 16.5 Å². The molecule has 0 saturated carbocycles. The van der Waals surface area contributed by atoms with Crippen molar-refractivity contribution in [2.45, 2.75) is 13.5 Å². The van der Waals surface area contributed by atoms with Crippen LogP contribution in [0.3, 0.4) is 0 Å². The van der Waals surface area contributed by atoms with Gasteiger partial charge in [-0.3, -0.25) is 4.98 Å². The Hall–Kier alpha value is -2.34. The van der Waals surface area contributed by atoms with Gasteiger partial charge in [0, 0.05) is 19.3 Å². The zero-order chi connectivity index (χ0) is 15.4. The zero-order valence-electron chi connectivity index (χ0n) is 12.1. The van der Waals surface area contributed by atoms with Crippen molar-refractivity contribution in [1.29, 1.82) is 0 Å². The molecule has 0 amide bonds. The van der Waals surface area contributed by atoms with Crippen LogP contribution in [-0.2, 0) is 6.54 Å². The molecule has 2 aromatic heterocycles. The number of hydrogen-bond acceptors (Lipinski definition) is 5. The third-order valence-corrected chi connectivity index (χ3v) is 4.22. The van der Waals surface area contributed by atoms with E-state index < -0.39 is 0 Å². The molecule has 3 aromatic rings. The van der Waals surface area contributed by atoms with Crippen LogP contribution in [0.15, 0.2) is 48.7 Å². The molecule has 0 N–H and O–H groups in total. The lowest BCUT2D eigenvalue weighted by Gasteiger charge is -2.19. The number of aromatic nitrogens is 3. The van der Waals surface area contributed by atoms with E-state index in [4.69, 9.17) is 0 Å². The van der Waals surface area contributed by atoms with Gasteiger partial charge in [0.1, 0.15) is 11.5 Å². The molecule has 2 heterocycles. The molecule has 0 saturated heterocycles. The fraction of sp³-hybridized carbons (Fsp3) is 0.188. The minimum Gasteiger partial charge on any atom is -0.343 e. The smallest absolute Gasteiger partial charge is 0.208 e. The Bertz CT molecular complexity index is 745. The highest BCUT2D eigenvalue weighted by Gasteiger charge is 2.13. The standard InChI is InChI=1S/C16H15FN4S/c1-2-21(11-12-6-5-7-13(17)10-12)16-20-19-15(22-16)14-8-3-4-9-18-14/h3-10H,2,11H2,1H3. The summed E-state index contributed by atoms with van der Waals surface area (Å²) in [5, 5.41) is 10.0. The third-order valence-electron chi connectivity index (χ3n) is 3.21. The van der Waals surface area contributed by atoms with Gasteiger partial charge in [-0.15, -0.1) is 10.2 Å². The van der Waals surface area contributed by atoms with E-state index in [2.05, 4.69) is 20.1 Å². The van der Waals surface area contributed by atoms with Gasteiger partial charge in [0.15, 0.2) is 5.01 Å². The molecular formula is C16H15FN4S. The molecule has 22 heavy (non-hydrogen) atoms. The molecule has 0 unspecified atom stereocenters. The molecule has 0 aliphatic carbocycles. The lowest BCUT2D eigenvalue weighted by molar-refractivity contribution is 0.624. The number of halogens is 1. The second kappa shape index (κ2) is 6.62. The summed E-state index contributed by atoms with van der Waals surface area (Å²) in [4.78, 5) is 6.35. The predicted octanol–water partition coefficient (Wildman–Crippen LogP) is 3.77. The number of anilines is 1. The molecular weight excluding hydrogens is 299 g/mol. The Labute approximate surface area is 132 Å². The molecule has 0 atom stereocenters. The van der Waals surface area contributed by atoms with Crippen molar-refractivity contribution in [3.8, 4) is 10.7 Å². The summed E-state index contributed by atoms with van der Waals surface area (Å²) in [6, 6.07) is 12.3. The Kier molecular flexibility index (Phi) is 4.39. The van der Waals surface area contributed by atoms with E-state index in [0.29, 0.717) is 6.54 Å². The largest absolute Gasteiger partial charge is 0.343 e. The predicted molar refractivity (Wildman–Crippen MR) is 86.3 cm³/mol. The van der Waals surface area contributed by atoms with E-state index in [1.165, 1.54) is 17.4 Å². The SMILES string of the molecule is CCN(Cc1cccc(F)c1)c1nnc(-c2ccccn2)s1. The molecule has 0 radical (unpaired) electrons. The first-order valence-corrected chi connectivity index (χ1v) is 7.82. The van der Waals surface area contributed by atoms with Crippen molar-refractivity contribution in [1.82, 2.24) is 15.2 Å². The first kappa shape index (κ1) is 14.6. The Morgan fingerprint density at radius 2 is 2.05 bits per heavy atom. The molecule has 3 rings (SSSR count). The Balaban J connectivity index is 1.81. The van der Waals surface area contributed by atoms with Gasteiger partial charge in [0.25, 0.3) is 0 Å². The summed E-state index contributed by atoms with van der Waals surface area (Å²) in [5.41, 5.74) is 1.73. The van der Waals surface area contributed by atoms with Crippen molar-refractivity contribution in [3.05, 3.63) is 60.0 Å². The highest BCUT2D eigenvalue weighted by Crippen LogP contribution is 2.28. The molecule has 0 aliphatic heterocycles. The summed E-state index contributed by atoms with van der Waals surface area (Å²) in [6.45, 7) is 3.42. The summed E-state index contributed by atoms with van der Waals surface area (Å²) >= 11 is 1.49. The van der Waals surface area contributed by atoms with Gasteiger partial charge in [-0.25, -0.2) is 4.39 Å². The van der Waals surface area contributed by atoms with Gasteiger partial charge in [-0.05, 0) is 36.8 Å². The van der Waals surface area contributed by atoms with E-state index in [1.54, 1.807) is 18.3 Å². The Morgan fingerprint density at radius 3 is 2.77 bits per heavy atom. The highest BCUT2D eigenvalue weighted by molar-refractivity contribution is 7.18. The van der Waals surface area contributed by atoms with Crippen molar-refractivity contribution in [2.75, 3.05) is 11.4 Å². The Morgan fingerprint density at radius 1 is 1.14 bits per heavy atom. The number of rotatable bonds is 5. The molecule has 1 aromatic carbocycles. The number of nitrogens with zero attached hydrogens (tertiary/aromatic N) is 4. The maximum atomic E-state index is 13.3. The molecule has 112 valence electrons. The topological polar surface area (TPSA) is 41.9 Å². The number of hydrogen-bond donors (Lipinski definition) is 0. The van der Waals surface area contributed by atoms with E-state index in [1.807, 2.05) is 31.2 Å². The van der Waals surface area contributed by atoms with Crippen LogP contribution < -0.4 is 4.90 Å². The maximum Gasteiger partial charge on any atom is 0.208 e. The average molecular weight is 314 g/mol. The lowest BCUT2D eigenvalue weighted by atomic mass is 10.2. The second-order valence-electron chi connectivity index (χ2n) is 4.75. The molecule has 6 heteroatoms. The van der Waals surface area contributed by atoms with Gasteiger partial charge < -0.3 is 4.90 Å². The second-order valence-corrected chi connectivity index (χ2v) is 5.70. The minimum absolute atomic E-state index is 0.222. The molecule has 0 fully saturated rings. The van der Waals surface area contributed by atoms with Gasteiger partial charge in [-0.1, -0.05) is 29.5 Å². The first-order valence-electron chi connectivity index (χ1n) is 7.00. The minimum atomic E-state index is -0.222. The van der Waals surface area contributed by atoms with Crippen LogP contribution in [0.4, 0.5) is 9.52 Å². The lowest BCUT2D eigenvalue weighted by Crippen LogP contribution is -2.21. The van der Waals surface area contributed by atoms with Crippen molar-refractivity contribution in [2.24, 2.45) is 0 Å². The zero-order valence-corrected chi connectivity index (χ0v) is 12.9. The normalized spacial score (nSPS) is 10.6. The van der Waals surface area contributed by atoms with Gasteiger partial charge in [0.05, 0.1) is 0 Å². The van der Waals surface area contributed by atoms with E-state index in [9.17, 15) is 4.39 Å². The van der Waals surface area contributed by atoms with Crippen LogP contribution in [0.1, 0.15) is 12.5 Å². The molecule has 0 spiro atoms. The fourth-order valence-corrected chi connectivity index (χ4v) is 2.99. The van der Waals surface area contributed by atoms with Gasteiger partial charge in [0.2, 0.25) is 5.13 Å². The summed E-state index contributed by atoms with van der Waals surface area (Å²) in [6.07, 6.45) is 1.74. The van der Waals surface area contributed by atoms with Crippen molar-refractivity contribution < 1.29 is 4.39 Å². The highest BCUT2D eigenvalue weighted by atomic mass is 32.1. The molecule has 0 bridgehead atoms. The van der Waals surface area contributed by atoms with Crippen molar-refractivity contribution in [3.63, 3.8) is 0 Å². The average Bonchev–Trinajstić information content (AvgIpc) is 3.03. The first-order chi connectivity index (χ1) is 10.8. The fourth-order valence-electron chi connectivity index (χ4n) is 2.11. The number of pyridine rings is 1. The third kappa shape index (κ3) is 3.28. The van der Waals surface area contributed by atoms with Crippen LogP contribution in [0.25, 0.3) is 10.7 Å². The van der Waals surface area contributed by atoms with Crippen LogP contribution in [0, 0.1) is 5.82 Å². The number of benzene rings is 1.